The molecule has 0 bridgehead atoms. The van der Waals surface area contributed by atoms with Crippen LogP contribution in [-0.4, -0.2) is 15.3 Å². The van der Waals surface area contributed by atoms with Crippen molar-refractivity contribution in [1.29, 1.82) is 5.26 Å². The summed E-state index contributed by atoms with van der Waals surface area (Å²) in [6, 6.07) is 16.6. The maximum absolute atomic E-state index is 12.0. The summed E-state index contributed by atoms with van der Waals surface area (Å²) in [5, 5.41) is 12.3. The average molecular weight is 342 g/mol. The van der Waals surface area contributed by atoms with Gasteiger partial charge in [-0.15, -0.1) is 0 Å². The lowest BCUT2D eigenvalue weighted by Gasteiger charge is -2.09. The van der Waals surface area contributed by atoms with Crippen LogP contribution in [0.15, 0.2) is 48.7 Å². The molecule has 2 saturated carbocycles. The first-order chi connectivity index (χ1) is 12.7. The topological polar surface area (TPSA) is 70.2 Å². The third kappa shape index (κ3) is 2.46. The van der Waals surface area contributed by atoms with Crippen LogP contribution in [0.2, 0.25) is 0 Å². The van der Waals surface area contributed by atoms with Crippen LogP contribution in [0.25, 0.3) is 16.9 Å². The molecule has 3 aromatic rings. The minimum absolute atomic E-state index is 0.0607. The van der Waals surface area contributed by atoms with Gasteiger partial charge in [0, 0.05) is 5.92 Å². The molecule has 1 N–H and O–H groups in total. The van der Waals surface area contributed by atoms with Gasteiger partial charge in [-0.2, -0.15) is 5.26 Å². The molecule has 2 aromatic heterocycles. The monoisotopic (exact) mass is 342 g/mol. The predicted octanol–water partition coefficient (Wildman–Crippen LogP) is 3.90. The number of amides is 1. The number of fused-ring (bicyclic) bond motifs is 1. The van der Waals surface area contributed by atoms with Gasteiger partial charge in [-0.3, -0.25) is 9.20 Å². The first-order valence-electron chi connectivity index (χ1n) is 9.00. The van der Waals surface area contributed by atoms with Crippen molar-refractivity contribution in [3.63, 3.8) is 0 Å². The van der Waals surface area contributed by atoms with E-state index in [1.54, 1.807) is 0 Å². The van der Waals surface area contributed by atoms with Gasteiger partial charge in [-0.1, -0.05) is 30.3 Å². The maximum atomic E-state index is 12.0. The molecule has 26 heavy (non-hydrogen) atoms. The molecule has 0 atom stereocenters. The van der Waals surface area contributed by atoms with E-state index in [9.17, 15) is 10.1 Å². The van der Waals surface area contributed by atoms with Gasteiger partial charge in [-0.25, -0.2) is 4.98 Å². The lowest BCUT2D eigenvalue weighted by molar-refractivity contribution is -0.117. The molecule has 2 fully saturated rings. The van der Waals surface area contributed by atoms with Gasteiger partial charge in [0.2, 0.25) is 5.91 Å². The summed E-state index contributed by atoms with van der Waals surface area (Å²) in [5.74, 6) is 0.805. The average Bonchev–Trinajstić information content (AvgIpc) is 3.58. The van der Waals surface area contributed by atoms with Crippen LogP contribution in [0.1, 0.15) is 31.2 Å². The predicted molar refractivity (Wildman–Crippen MR) is 98.5 cm³/mol. The number of pyridine rings is 1. The van der Waals surface area contributed by atoms with Crippen molar-refractivity contribution in [2.45, 2.75) is 31.1 Å². The summed E-state index contributed by atoms with van der Waals surface area (Å²) in [5.41, 5.74) is 3.70. The van der Waals surface area contributed by atoms with E-state index in [0.717, 1.165) is 48.2 Å². The number of imidazole rings is 1. The quantitative estimate of drug-likeness (QED) is 0.781. The lowest BCUT2D eigenvalue weighted by Crippen LogP contribution is -2.13. The number of hydrogen-bond acceptors (Lipinski definition) is 3. The normalized spacial score (nSPS) is 17.7. The fraction of sp³-hybridized carbons (Fsp3) is 0.286. The second-order valence-electron chi connectivity index (χ2n) is 7.30. The van der Waals surface area contributed by atoms with Crippen LogP contribution < -0.4 is 5.32 Å². The van der Waals surface area contributed by atoms with E-state index in [1.807, 2.05) is 28.8 Å². The molecule has 0 spiro atoms. The number of carbonyl (C=O) groups excluding carboxylic acids is 1. The van der Waals surface area contributed by atoms with Gasteiger partial charge >= 0.3 is 0 Å². The zero-order chi connectivity index (χ0) is 17.7. The number of nitriles is 1. The number of nitrogens with one attached hydrogen (secondary N) is 1. The highest BCUT2D eigenvalue weighted by molar-refractivity contribution is 5.93. The smallest absolute Gasteiger partial charge is 0.228 e. The highest BCUT2D eigenvalue weighted by Crippen LogP contribution is 2.47. The standard InChI is InChI=1S/C21H18N4O/c22-13-21(10-11-21)16-8-6-14(7-9-16)17-2-1-3-19-23-18(12-25(17)19)24-20(26)15-4-5-15/h1-3,6-9,12,15H,4-5,10-11H2,(H,24,26). The Morgan fingerprint density at radius 1 is 1.19 bits per heavy atom. The largest absolute Gasteiger partial charge is 0.309 e. The lowest BCUT2D eigenvalue weighted by atomic mass is 9.96. The Hall–Kier alpha value is -3.13. The van der Waals surface area contributed by atoms with Crippen LogP contribution in [0.3, 0.4) is 0 Å². The Balaban J connectivity index is 1.49. The molecule has 1 aromatic carbocycles. The van der Waals surface area contributed by atoms with Crippen molar-refractivity contribution in [3.05, 3.63) is 54.2 Å². The molecule has 5 heteroatoms. The highest BCUT2D eigenvalue weighted by Gasteiger charge is 2.44. The molecule has 2 aliphatic rings. The Labute approximate surface area is 151 Å². The number of carbonyl (C=O) groups is 1. The molecular formula is C21H18N4O. The van der Waals surface area contributed by atoms with Gasteiger partial charge in [0.25, 0.3) is 0 Å². The SMILES string of the molecule is N#CC1(c2ccc(-c3cccc4nc(NC(=O)C5CC5)cn34)cc2)CC1. The van der Waals surface area contributed by atoms with Crippen LogP contribution in [0, 0.1) is 17.2 Å². The summed E-state index contributed by atoms with van der Waals surface area (Å²) in [6.07, 6.45) is 5.71. The highest BCUT2D eigenvalue weighted by atomic mass is 16.2. The Bertz CT molecular complexity index is 1050. The number of aromatic nitrogens is 2. The molecule has 0 unspecified atom stereocenters. The van der Waals surface area contributed by atoms with Crippen molar-refractivity contribution in [2.75, 3.05) is 5.32 Å². The Kier molecular flexibility index (Phi) is 3.17. The molecular weight excluding hydrogens is 324 g/mol. The minimum atomic E-state index is -0.264. The number of benzene rings is 1. The number of anilines is 1. The van der Waals surface area contributed by atoms with E-state index in [4.69, 9.17) is 0 Å². The maximum Gasteiger partial charge on any atom is 0.228 e. The van der Waals surface area contributed by atoms with Crippen molar-refractivity contribution in [1.82, 2.24) is 9.38 Å². The third-order valence-electron chi connectivity index (χ3n) is 5.39. The van der Waals surface area contributed by atoms with E-state index in [2.05, 4.69) is 40.6 Å². The summed E-state index contributed by atoms with van der Waals surface area (Å²) < 4.78 is 1.99. The minimum Gasteiger partial charge on any atom is -0.309 e. The van der Waals surface area contributed by atoms with Crippen LogP contribution in [0.5, 0.6) is 0 Å². The van der Waals surface area contributed by atoms with Gasteiger partial charge in [0.05, 0.1) is 23.4 Å². The molecule has 5 rings (SSSR count). The first-order valence-corrected chi connectivity index (χ1v) is 9.00. The number of nitrogens with zero attached hydrogens (tertiary/aromatic N) is 3. The fourth-order valence-corrected chi connectivity index (χ4v) is 3.43. The van der Waals surface area contributed by atoms with Crippen molar-refractivity contribution >= 4 is 17.4 Å². The van der Waals surface area contributed by atoms with Crippen molar-refractivity contribution in [3.8, 4) is 17.3 Å². The molecule has 2 aliphatic carbocycles. The number of hydrogen-bond donors (Lipinski definition) is 1. The van der Waals surface area contributed by atoms with Crippen LogP contribution in [0.4, 0.5) is 5.82 Å². The molecule has 1 amide bonds. The second-order valence-corrected chi connectivity index (χ2v) is 7.30. The van der Waals surface area contributed by atoms with Gasteiger partial charge in [0.1, 0.15) is 5.65 Å². The van der Waals surface area contributed by atoms with Crippen molar-refractivity contribution < 1.29 is 4.79 Å². The zero-order valence-corrected chi connectivity index (χ0v) is 14.3. The van der Waals surface area contributed by atoms with Gasteiger partial charge < -0.3 is 5.32 Å². The van der Waals surface area contributed by atoms with E-state index < -0.39 is 0 Å². The van der Waals surface area contributed by atoms with Gasteiger partial charge in [-0.05, 0) is 48.9 Å². The van der Waals surface area contributed by atoms with E-state index in [0.29, 0.717) is 5.82 Å². The molecule has 0 aliphatic heterocycles. The van der Waals surface area contributed by atoms with E-state index in [-0.39, 0.29) is 17.2 Å². The third-order valence-corrected chi connectivity index (χ3v) is 5.39. The summed E-state index contributed by atoms with van der Waals surface area (Å²) >= 11 is 0. The molecule has 0 radical (unpaired) electrons. The molecule has 5 nitrogen and oxygen atoms in total. The summed E-state index contributed by atoms with van der Waals surface area (Å²) in [4.78, 5) is 16.5. The summed E-state index contributed by atoms with van der Waals surface area (Å²) in [6.45, 7) is 0. The molecule has 2 heterocycles. The van der Waals surface area contributed by atoms with Crippen molar-refractivity contribution in [2.24, 2.45) is 5.92 Å². The van der Waals surface area contributed by atoms with E-state index in [1.165, 1.54) is 0 Å². The fourth-order valence-electron chi connectivity index (χ4n) is 3.43. The zero-order valence-electron chi connectivity index (χ0n) is 14.3. The van der Waals surface area contributed by atoms with Crippen LogP contribution >= 0.6 is 0 Å². The Morgan fingerprint density at radius 2 is 1.96 bits per heavy atom. The van der Waals surface area contributed by atoms with Crippen LogP contribution in [-0.2, 0) is 10.2 Å². The van der Waals surface area contributed by atoms with Gasteiger partial charge in [0.15, 0.2) is 5.82 Å². The Morgan fingerprint density at radius 3 is 2.62 bits per heavy atom. The first kappa shape index (κ1) is 15.2. The molecule has 128 valence electrons. The number of rotatable bonds is 4. The summed E-state index contributed by atoms with van der Waals surface area (Å²) in [7, 11) is 0. The second kappa shape index (κ2) is 5.43. The van der Waals surface area contributed by atoms with E-state index >= 15 is 0 Å². The molecule has 0 saturated heterocycles.